The first-order valence-corrected chi connectivity index (χ1v) is 5.58. The number of nitrogens with zero attached hydrogens (tertiary/aromatic N) is 3. The topological polar surface area (TPSA) is 80.5 Å². The van der Waals surface area contributed by atoms with Gasteiger partial charge in [-0.15, -0.1) is 0 Å². The van der Waals surface area contributed by atoms with Gasteiger partial charge in [0.05, 0.1) is 23.0 Å². The van der Waals surface area contributed by atoms with Gasteiger partial charge in [0.1, 0.15) is 11.6 Å². The number of nitrogens with two attached hydrogens (primary N) is 1. The van der Waals surface area contributed by atoms with Crippen LogP contribution in [0, 0.1) is 5.82 Å². The Bertz CT molecular complexity index is 778. The molecule has 5 nitrogen and oxygen atoms in total. The lowest BCUT2D eigenvalue weighted by molar-refractivity contribution is 0.624. The van der Waals surface area contributed by atoms with Crippen LogP contribution >= 0.6 is 0 Å². The highest BCUT2D eigenvalue weighted by molar-refractivity contribution is 5.90. The molecule has 6 heteroatoms. The minimum atomic E-state index is -0.425. The van der Waals surface area contributed by atoms with Gasteiger partial charge in [0.2, 0.25) is 0 Å². The molecule has 0 aromatic carbocycles. The molecule has 0 radical (unpaired) electrons. The highest BCUT2D eigenvalue weighted by atomic mass is 19.1. The molecule has 0 unspecified atom stereocenters. The minimum Gasteiger partial charge on any atom is -0.383 e. The van der Waals surface area contributed by atoms with Crippen LogP contribution in [0.4, 0.5) is 10.2 Å². The first-order valence-electron chi connectivity index (χ1n) is 5.58. The quantitative estimate of drug-likeness (QED) is 0.736. The van der Waals surface area contributed by atoms with E-state index in [-0.39, 0.29) is 0 Å². The Labute approximate surface area is 108 Å². The molecule has 3 aromatic heterocycles. The van der Waals surface area contributed by atoms with Crippen LogP contribution in [0.2, 0.25) is 0 Å². The van der Waals surface area contributed by atoms with Crippen LogP contribution in [0.3, 0.4) is 0 Å². The lowest BCUT2D eigenvalue weighted by Crippen LogP contribution is -1.96. The molecule has 19 heavy (non-hydrogen) atoms. The van der Waals surface area contributed by atoms with Gasteiger partial charge in [-0.3, -0.25) is 5.10 Å². The SMILES string of the molecule is C=Cc1ccc(-c2[nH]nc3ncc(F)cc23)nc1N. The van der Waals surface area contributed by atoms with Crippen LogP contribution in [0.5, 0.6) is 0 Å². The number of hydrogen-bond acceptors (Lipinski definition) is 4. The zero-order chi connectivity index (χ0) is 13.4. The van der Waals surface area contributed by atoms with E-state index in [4.69, 9.17) is 5.73 Å². The number of aromatic amines is 1. The van der Waals surface area contributed by atoms with Gasteiger partial charge in [-0.25, -0.2) is 14.4 Å². The van der Waals surface area contributed by atoms with Gasteiger partial charge in [0.15, 0.2) is 5.65 Å². The van der Waals surface area contributed by atoms with Gasteiger partial charge in [-0.05, 0) is 18.2 Å². The molecular weight excluding hydrogens is 245 g/mol. The van der Waals surface area contributed by atoms with Crippen molar-refractivity contribution in [2.24, 2.45) is 0 Å². The number of anilines is 1. The summed E-state index contributed by atoms with van der Waals surface area (Å²) in [6.45, 7) is 3.65. The zero-order valence-corrected chi connectivity index (χ0v) is 9.89. The molecule has 0 atom stereocenters. The van der Waals surface area contributed by atoms with Gasteiger partial charge in [0.25, 0.3) is 0 Å². The van der Waals surface area contributed by atoms with Crippen LogP contribution in [-0.4, -0.2) is 20.2 Å². The maximum Gasteiger partial charge on any atom is 0.181 e. The van der Waals surface area contributed by atoms with Crippen molar-refractivity contribution in [1.29, 1.82) is 0 Å². The number of pyridine rings is 2. The van der Waals surface area contributed by atoms with Crippen molar-refractivity contribution in [1.82, 2.24) is 20.2 Å². The molecule has 3 aromatic rings. The highest BCUT2D eigenvalue weighted by Gasteiger charge is 2.11. The van der Waals surface area contributed by atoms with Crippen molar-refractivity contribution in [3.63, 3.8) is 0 Å². The third-order valence-corrected chi connectivity index (χ3v) is 2.81. The first-order chi connectivity index (χ1) is 9.19. The lowest BCUT2D eigenvalue weighted by atomic mass is 10.1. The number of nitrogens with one attached hydrogen (secondary N) is 1. The van der Waals surface area contributed by atoms with Crippen molar-refractivity contribution >= 4 is 22.9 Å². The van der Waals surface area contributed by atoms with E-state index in [0.717, 1.165) is 11.8 Å². The number of rotatable bonds is 2. The highest BCUT2D eigenvalue weighted by Crippen LogP contribution is 2.25. The molecule has 0 spiro atoms. The molecule has 0 saturated carbocycles. The third-order valence-electron chi connectivity index (χ3n) is 2.81. The smallest absolute Gasteiger partial charge is 0.181 e. The molecule has 3 heterocycles. The third kappa shape index (κ3) is 1.83. The summed E-state index contributed by atoms with van der Waals surface area (Å²) in [4.78, 5) is 8.14. The zero-order valence-electron chi connectivity index (χ0n) is 9.89. The Morgan fingerprint density at radius 1 is 1.37 bits per heavy atom. The van der Waals surface area contributed by atoms with Crippen LogP contribution in [0.1, 0.15) is 5.56 Å². The second-order valence-corrected chi connectivity index (χ2v) is 4.00. The predicted octanol–water partition coefficient (Wildman–Crippen LogP) is 2.38. The fourth-order valence-corrected chi connectivity index (χ4v) is 1.87. The minimum absolute atomic E-state index is 0.361. The van der Waals surface area contributed by atoms with Gasteiger partial charge < -0.3 is 5.73 Å². The van der Waals surface area contributed by atoms with Gasteiger partial charge in [-0.1, -0.05) is 12.7 Å². The average molecular weight is 255 g/mol. The molecule has 0 amide bonds. The van der Waals surface area contributed by atoms with Crippen LogP contribution in [0.25, 0.3) is 28.5 Å². The summed E-state index contributed by atoms with van der Waals surface area (Å²) in [5.41, 5.74) is 8.16. The number of fused-ring (bicyclic) bond motifs is 1. The summed E-state index contributed by atoms with van der Waals surface area (Å²) in [6, 6.07) is 4.93. The van der Waals surface area contributed by atoms with Crippen molar-refractivity contribution in [2.75, 3.05) is 5.73 Å². The average Bonchev–Trinajstić information content (AvgIpc) is 2.81. The molecule has 0 aliphatic carbocycles. The van der Waals surface area contributed by atoms with Gasteiger partial charge in [-0.2, -0.15) is 5.10 Å². The Morgan fingerprint density at radius 2 is 2.21 bits per heavy atom. The Morgan fingerprint density at radius 3 is 2.95 bits per heavy atom. The number of hydrogen-bond donors (Lipinski definition) is 2. The number of halogens is 1. The summed E-state index contributed by atoms with van der Waals surface area (Å²) in [5, 5.41) is 7.37. The van der Waals surface area contributed by atoms with Crippen molar-refractivity contribution in [2.45, 2.75) is 0 Å². The van der Waals surface area contributed by atoms with E-state index in [9.17, 15) is 4.39 Å². The van der Waals surface area contributed by atoms with E-state index in [0.29, 0.717) is 28.2 Å². The fraction of sp³-hybridized carbons (Fsp3) is 0. The molecule has 0 bridgehead atoms. The second kappa shape index (κ2) is 4.16. The van der Waals surface area contributed by atoms with Crippen molar-refractivity contribution in [3.05, 3.63) is 42.4 Å². The molecular formula is C13H10FN5. The summed E-state index contributed by atoms with van der Waals surface area (Å²) < 4.78 is 13.2. The Hall–Kier alpha value is -2.76. The molecule has 0 saturated heterocycles. The van der Waals surface area contributed by atoms with E-state index < -0.39 is 5.82 Å². The second-order valence-electron chi connectivity index (χ2n) is 4.00. The molecule has 3 rings (SSSR count). The number of H-pyrrole nitrogens is 1. The van der Waals surface area contributed by atoms with Crippen molar-refractivity contribution in [3.8, 4) is 11.4 Å². The van der Waals surface area contributed by atoms with Gasteiger partial charge in [0, 0.05) is 5.56 Å². The Kier molecular flexibility index (Phi) is 2.49. The van der Waals surface area contributed by atoms with E-state index in [1.54, 1.807) is 18.2 Å². The standard InChI is InChI=1S/C13H10FN5/c1-2-7-3-4-10(17-12(7)15)11-9-5-8(14)6-16-13(9)19-18-11/h2-6H,1H2,(H2,15,17)(H,16,18,19). The van der Waals surface area contributed by atoms with Crippen LogP contribution in [-0.2, 0) is 0 Å². The first kappa shape index (κ1) is 11.3. The number of aromatic nitrogens is 4. The summed E-state index contributed by atoms with van der Waals surface area (Å²) in [5.74, 6) is -0.0644. The lowest BCUT2D eigenvalue weighted by Gasteiger charge is -2.03. The molecule has 0 fully saturated rings. The van der Waals surface area contributed by atoms with E-state index >= 15 is 0 Å². The summed E-state index contributed by atoms with van der Waals surface area (Å²) in [7, 11) is 0. The van der Waals surface area contributed by atoms with Gasteiger partial charge >= 0.3 is 0 Å². The maximum absolute atomic E-state index is 13.2. The Balaban J connectivity index is 2.21. The summed E-state index contributed by atoms with van der Waals surface area (Å²) in [6.07, 6.45) is 2.74. The van der Waals surface area contributed by atoms with Crippen LogP contribution < -0.4 is 5.73 Å². The predicted molar refractivity (Wildman–Crippen MR) is 71.6 cm³/mol. The fourth-order valence-electron chi connectivity index (χ4n) is 1.87. The monoisotopic (exact) mass is 255 g/mol. The molecule has 3 N–H and O–H groups in total. The molecule has 0 aliphatic heterocycles. The molecule has 0 aliphatic rings. The van der Waals surface area contributed by atoms with E-state index in [1.165, 1.54) is 6.07 Å². The van der Waals surface area contributed by atoms with E-state index in [2.05, 4.69) is 26.7 Å². The van der Waals surface area contributed by atoms with Crippen LogP contribution in [0.15, 0.2) is 31.0 Å². The summed E-state index contributed by atoms with van der Waals surface area (Å²) >= 11 is 0. The maximum atomic E-state index is 13.2. The normalized spacial score (nSPS) is 10.8. The largest absolute Gasteiger partial charge is 0.383 e. The number of nitrogen functional groups attached to an aromatic ring is 1. The van der Waals surface area contributed by atoms with E-state index in [1.807, 2.05) is 0 Å². The van der Waals surface area contributed by atoms with Crippen molar-refractivity contribution < 1.29 is 4.39 Å². The molecule has 94 valence electrons.